The second-order valence-corrected chi connectivity index (χ2v) is 5.75. The molecule has 0 spiro atoms. The largest absolute Gasteiger partial charge is 0.488 e. The average molecular weight is 302 g/mol. The predicted octanol–water partition coefficient (Wildman–Crippen LogP) is 2.28. The molecule has 1 amide bonds. The quantitative estimate of drug-likeness (QED) is 0.899. The molecule has 2 aliphatic rings. The second kappa shape index (κ2) is 6.83. The van der Waals surface area contributed by atoms with E-state index in [1.807, 2.05) is 30.3 Å². The Morgan fingerprint density at radius 2 is 2.05 bits per heavy atom. The van der Waals surface area contributed by atoms with Crippen LogP contribution in [0.2, 0.25) is 0 Å². The SMILES string of the molecule is O=C(Nc1ccccc1N1CCC(O)CC1)C1=CCCCO1. The van der Waals surface area contributed by atoms with Crippen LogP contribution in [0, 0.1) is 0 Å². The van der Waals surface area contributed by atoms with E-state index in [9.17, 15) is 9.90 Å². The van der Waals surface area contributed by atoms with Crippen molar-refractivity contribution in [1.29, 1.82) is 0 Å². The lowest BCUT2D eigenvalue weighted by Gasteiger charge is -2.32. The van der Waals surface area contributed by atoms with Crippen LogP contribution in [-0.2, 0) is 9.53 Å². The number of aliphatic hydroxyl groups is 1. The molecule has 0 saturated carbocycles. The fraction of sp³-hybridized carbons (Fsp3) is 0.471. The lowest BCUT2D eigenvalue weighted by Crippen LogP contribution is -2.36. The fourth-order valence-corrected chi connectivity index (χ4v) is 2.86. The van der Waals surface area contributed by atoms with Gasteiger partial charge >= 0.3 is 0 Å². The van der Waals surface area contributed by atoms with E-state index >= 15 is 0 Å². The number of anilines is 2. The minimum absolute atomic E-state index is 0.191. The van der Waals surface area contributed by atoms with Crippen LogP contribution >= 0.6 is 0 Å². The zero-order valence-corrected chi connectivity index (χ0v) is 12.6. The van der Waals surface area contributed by atoms with Crippen molar-refractivity contribution < 1.29 is 14.6 Å². The van der Waals surface area contributed by atoms with Crippen LogP contribution in [0.5, 0.6) is 0 Å². The molecule has 0 unspecified atom stereocenters. The number of piperidine rings is 1. The van der Waals surface area contributed by atoms with Crippen molar-refractivity contribution in [3.8, 4) is 0 Å². The van der Waals surface area contributed by atoms with Crippen molar-refractivity contribution in [3.05, 3.63) is 36.1 Å². The van der Waals surface area contributed by atoms with Crippen molar-refractivity contribution in [2.75, 3.05) is 29.9 Å². The van der Waals surface area contributed by atoms with Gasteiger partial charge in [-0.2, -0.15) is 0 Å². The van der Waals surface area contributed by atoms with Gasteiger partial charge in [0.15, 0.2) is 5.76 Å². The van der Waals surface area contributed by atoms with E-state index in [0.717, 1.165) is 50.1 Å². The highest BCUT2D eigenvalue weighted by molar-refractivity contribution is 6.04. The molecule has 1 aromatic rings. The number of amides is 1. The highest BCUT2D eigenvalue weighted by atomic mass is 16.5. The maximum absolute atomic E-state index is 12.3. The van der Waals surface area contributed by atoms with Crippen LogP contribution in [0.15, 0.2) is 36.1 Å². The molecule has 0 radical (unpaired) electrons. The summed E-state index contributed by atoms with van der Waals surface area (Å²) >= 11 is 0. The Morgan fingerprint density at radius 3 is 2.77 bits per heavy atom. The lowest BCUT2D eigenvalue weighted by molar-refractivity contribution is -0.116. The van der Waals surface area contributed by atoms with E-state index < -0.39 is 0 Å². The number of nitrogens with zero attached hydrogens (tertiary/aromatic N) is 1. The zero-order valence-electron chi connectivity index (χ0n) is 12.6. The van der Waals surface area contributed by atoms with Gasteiger partial charge in [-0.15, -0.1) is 0 Å². The van der Waals surface area contributed by atoms with Gasteiger partial charge in [-0.1, -0.05) is 12.1 Å². The fourth-order valence-electron chi connectivity index (χ4n) is 2.86. The van der Waals surface area contributed by atoms with Crippen LogP contribution in [0.25, 0.3) is 0 Å². The number of allylic oxidation sites excluding steroid dienone is 1. The monoisotopic (exact) mass is 302 g/mol. The van der Waals surface area contributed by atoms with Crippen LogP contribution in [-0.4, -0.2) is 36.8 Å². The average Bonchev–Trinajstić information content (AvgIpc) is 2.57. The van der Waals surface area contributed by atoms with Crippen LogP contribution in [0.4, 0.5) is 11.4 Å². The molecular weight excluding hydrogens is 280 g/mol. The van der Waals surface area contributed by atoms with Gasteiger partial charge in [0.2, 0.25) is 0 Å². The summed E-state index contributed by atoms with van der Waals surface area (Å²) in [6, 6.07) is 7.78. The van der Waals surface area contributed by atoms with Crippen LogP contribution in [0.3, 0.4) is 0 Å². The Bertz CT molecular complexity index is 563. The van der Waals surface area contributed by atoms with Crippen molar-refractivity contribution in [2.24, 2.45) is 0 Å². The highest BCUT2D eigenvalue weighted by Crippen LogP contribution is 2.29. The number of nitrogens with one attached hydrogen (secondary N) is 1. The number of carbonyl (C=O) groups is 1. The molecule has 2 N–H and O–H groups in total. The Labute approximate surface area is 130 Å². The van der Waals surface area contributed by atoms with Gasteiger partial charge in [0.1, 0.15) is 0 Å². The Morgan fingerprint density at radius 1 is 1.27 bits per heavy atom. The van der Waals surface area contributed by atoms with Gasteiger partial charge in [-0.3, -0.25) is 4.79 Å². The van der Waals surface area contributed by atoms with Gasteiger partial charge in [0.25, 0.3) is 5.91 Å². The highest BCUT2D eigenvalue weighted by Gasteiger charge is 2.21. The number of carbonyl (C=O) groups excluding carboxylic acids is 1. The molecule has 2 aliphatic heterocycles. The standard InChI is InChI=1S/C17H22N2O3/c20-13-8-10-19(11-9-13)15-6-2-1-5-14(15)18-17(21)16-7-3-4-12-22-16/h1-2,5-7,13,20H,3-4,8-12H2,(H,18,21). The molecule has 5 nitrogen and oxygen atoms in total. The maximum atomic E-state index is 12.3. The van der Waals surface area contributed by atoms with E-state index in [0.29, 0.717) is 12.4 Å². The van der Waals surface area contributed by atoms with Crippen molar-refractivity contribution >= 4 is 17.3 Å². The van der Waals surface area contributed by atoms with Crippen LogP contribution < -0.4 is 10.2 Å². The Balaban J connectivity index is 1.73. The summed E-state index contributed by atoms with van der Waals surface area (Å²) in [6.45, 7) is 2.20. The molecule has 3 rings (SSSR count). The van der Waals surface area contributed by atoms with E-state index in [4.69, 9.17) is 4.74 Å². The Kier molecular flexibility index (Phi) is 4.63. The number of aliphatic hydroxyl groups excluding tert-OH is 1. The molecule has 2 heterocycles. The molecule has 0 atom stereocenters. The molecule has 118 valence electrons. The molecular formula is C17H22N2O3. The minimum atomic E-state index is -0.209. The Hall–Kier alpha value is -2.01. The number of hydrogen-bond donors (Lipinski definition) is 2. The lowest BCUT2D eigenvalue weighted by atomic mass is 10.1. The summed E-state index contributed by atoms with van der Waals surface area (Å²) in [5.41, 5.74) is 1.79. The van der Waals surface area contributed by atoms with Crippen LogP contribution in [0.1, 0.15) is 25.7 Å². The molecule has 0 aromatic heterocycles. The molecule has 1 aromatic carbocycles. The topological polar surface area (TPSA) is 61.8 Å². The summed E-state index contributed by atoms with van der Waals surface area (Å²) < 4.78 is 5.41. The molecule has 22 heavy (non-hydrogen) atoms. The molecule has 0 aliphatic carbocycles. The summed E-state index contributed by atoms with van der Waals surface area (Å²) in [5, 5.41) is 12.6. The number of benzene rings is 1. The first kappa shape index (κ1) is 14.9. The third kappa shape index (κ3) is 3.42. The first-order valence-electron chi connectivity index (χ1n) is 7.90. The number of ether oxygens (including phenoxy) is 1. The molecule has 5 heteroatoms. The smallest absolute Gasteiger partial charge is 0.290 e. The van der Waals surface area contributed by atoms with Gasteiger partial charge in [-0.05, 0) is 43.9 Å². The third-order valence-electron chi connectivity index (χ3n) is 4.12. The number of rotatable bonds is 3. The summed E-state index contributed by atoms with van der Waals surface area (Å²) in [4.78, 5) is 14.5. The number of para-hydroxylation sites is 2. The van der Waals surface area contributed by atoms with Gasteiger partial charge in [-0.25, -0.2) is 0 Å². The number of hydrogen-bond acceptors (Lipinski definition) is 4. The summed E-state index contributed by atoms with van der Waals surface area (Å²) in [5.74, 6) is 0.222. The molecule has 1 fully saturated rings. The molecule has 0 bridgehead atoms. The van der Waals surface area contributed by atoms with E-state index in [-0.39, 0.29) is 12.0 Å². The van der Waals surface area contributed by atoms with Crippen molar-refractivity contribution in [2.45, 2.75) is 31.8 Å². The maximum Gasteiger partial charge on any atom is 0.290 e. The predicted molar refractivity (Wildman–Crippen MR) is 85.8 cm³/mol. The summed E-state index contributed by atoms with van der Waals surface area (Å²) in [6.07, 6.45) is 5.00. The second-order valence-electron chi connectivity index (χ2n) is 5.75. The van der Waals surface area contributed by atoms with Crippen molar-refractivity contribution in [1.82, 2.24) is 0 Å². The zero-order chi connectivity index (χ0) is 15.4. The first-order valence-corrected chi connectivity index (χ1v) is 7.90. The molecule has 1 saturated heterocycles. The van der Waals surface area contributed by atoms with E-state index in [1.54, 1.807) is 0 Å². The van der Waals surface area contributed by atoms with Gasteiger partial charge < -0.3 is 20.1 Å². The van der Waals surface area contributed by atoms with E-state index in [2.05, 4.69) is 10.2 Å². The third-order valence-corrected chi connectivity index (χ3v) is 4.12. The van der Waals surface area contributed by atoms with Crippen molar-refractivity contribution in [3.63, 3.8) is 0 Å². The summed E-state index contributed by atoms with van der Waals surface area (Å²) in [7, 11) is 0. The van der Waals surface area contributed by atoms with Gasteiger partial charge in [0, 0.05) is 13.1 Å². The normalized spacial score (nSPS) is 19.3. The van der Waals surface area contributed by atoms with Gasteiger partial charge in [0.05, 0.1) is 24.1 Å². The van der Waals surface area contributed by atoms with E-state index in [1.165, 1.54) is 0 Å². The first-order chi connectivity index (χ1) is 10.7. The minimum Gasteiger partial charge on any atom is -0.488 e.